The van der Waals surface area contributed by atoms with Gasteiger partial charge in [-0.2, -0.15) is 0 Å². The number of unbranched alkanes of at least 4 members (excludes halogenated alkanes) is 7. The molecule has 7 heteroatoms. The molecule has 280 valence electrons. The van der Waals surface area contributed by atoms with Gasteiger partial charge in [-0.3, -0.25) is 4.79 Å². The molecule has 5 nitrogen and oxygen atoms in total. The Morgan fingerprint density at radius 2 is 1.15 bits per heavy atom. The van der Waals surface area contributed by atoms with Crippen LogP contribution < -0.4 is 21.3 Å². The van der Waals surface area contributed by atoms with E-state index in [9.17, 15) is 14.7 Å². The van der Waals surface area contributed by atoms with Gasteiger partial charge < -0.3 is 9.52 Å². The van der Waals surface area contributed by atoms with Crippen LogP contribution >= 0.6 is 20.8 Å². The van der Waals surface area contributed by atoms with Crippen molar-refractivity contribution < 1.29 is 19.1 Å². The summed E-state index contributed by atoms with van der Waals surface area (Å²) in [5.74, 6) is 0.0497. The van der Waals surface area contributed by atoms with Crippen molar-refractivity contribution in [2.24, 2.45) is 0 Å². The third-order valence-corrected chi connectivity index (χ3v) is 20.7. The zero-order valence-corrected chi connectivity index (χ0v) is 33.4. The van der Waals surface area contributed by atoms with Gasteiger partial charge in [0.05, 0.1) is 5.56 Å². The van der Waals surface area contributed by atoms with E-state index in [2.05, 4.69) is 106 Å². The van der Waals surface area contributed by atoms with Gasteiger partial charge in [-0.15, -0.1) is 0 Å². The van der Waals surface area contributed by atoms with Crippen LogP contribution in [0.25, 0.3) is 33.4 Å². The third kappa shape index (κ3) is 8.03. The van der Waals surface area contributed by atoms with E-state index in [1.807, 2.05) is 18.2 Å². The topological polar surface area (TPSA) is 76.7 Å². The number of fused-ring (bicyclic) bond motifs is 2. The third-order valence-electron chi connectivity index (χ3n) is 10.7. The van der Waals surface area contributed by atoms with Crippen molar-refractivity contribution in [3.63, 3.8) is 0 Å². The molecule has 0 radical (unpaired) electrons. The number of ether oxygens (including phenoxy) is 1. The Hall–Kier alpha value is -5.03. The Labute approximate surface area is 331 Å². The molecule has 0 bridgehead atoms. The molecule has 0 saturated heterocycles. The largest absolute Gasteiger partial charge is 0.508 e. The molecule has 5 aromatic rings. The van der Waals surface area contributed by atoms with Gasteiger partial charge in [0.1, 0.15) is 17.1 Å². The maximum Gasteiger partial charge on any atom is 0.182 e. The number of aromatic hydroxyl groups is 1. The number of phenolic OH excluding ortho intramolecular Hbond substituents is 1. The van der Waals surface area contributed by atoms with E-state index in [4.69, 9.17) is 9.15 Å². The van der Waals surface area contributed by atoms with Gasteiger partial charge in [0.15, 0.2) is 5.43 Å². The van der Waals surface area contributed by atoms with Crippen LogP contribution in [0.2, 0.25) is 0 Å². The summed E-state index contributed by atoms with van der Waals surface area (Å²) in [6, 6.07) is 49.9. The molecule has 0 amide bonds. The number of hydrogen-bond acceptors (Lipinski definition) is 5. The van der Waals surface area contributed by atoms with Crippen molar-refractivity contribution >= 4 is 53.6 Å². The van der Waals surface area contributed by atoms with E-state index >= 15 is 0 Å². The van der Waals surface area contributed by atoms with Crippen molar-refractivity contribution in [3.05, 3.63) is 167 Å². The molecule has 0 atom stereocenters. The van der Waals surface area contributed by atoms with E-state index in [-0.39, 0.29) is 17.1 Å². The van der Waals surface area contributed by atoms with E-state index in [1.54, 1.807) is 24.3 Å². The number of carbonyl (C=O) groups is 1. The molecule has 0 aromatic heterocycles. The Kier molecular flexibility index (Phi) is 12.0. The number of phenols is 1. The van der Waals surface area contributed by atoms with Crippen molar-refractivity contribution in [2.75, 3.05) is 12.8 Å². The normalized spacial score (nSPS) is 12.3. The molecular weight excluding hydrogens is 767 g/mol. The molecule has 1 N–H and O–H groups in total. The van der Waals surface area contributed by atoms with E-state index < -0.39 is 5.31 Å². The fraction of sp³-hybridized carbons (Fsp3) is 0.208. The molecule has 5 aromatic carbocycles. The molecule has 0 saturated carbocycles. The average Bonchev–Trinajstić information content (AvgIpc) is 3.22. The van der Waals surface area contributed by atoms with Gasteiger partial charge in [0.25, 0.3) is 0 Å². The monoisotopic (exact) mass is 812 g/mol. The fourth-order valence-corrected chi connectivity index (χ4v) is 15.6. The smallest absolute Gasteiger partial charge is 0.182 e. The number of carbonyl (C=O) groups excluding carboxylic acids is 1. The SMILES string of the molecule is O=C(OCCCCCCCCCCP(Br)(c1ccccc1)(c1ccccc1)c1ccccc1)c1ccccc1-c1c2ccc(=O)cc-2oc2cc(O)ccc12. The maximum atomic E-state index is 13.5. The van der Waals surface area contributed by atoms with E-state index in [0.29, 0.717) is 34.6 Å². The van der Waals surface area contributed by atoms with Crippen LogP contribution in [0.3, 0.4) is 0 Å². The second kappa shape index (κ2) is 17.2. The molecule has 7 rings (SSSR count). The number of halogens is 1. The Morgan fingerprint density at radius 3 is 1.76 bits per heavy atom. The zero-order valence-electron chi connectivity index (χ0n) is 30.9. The van der Waals surface area contributed by atoms with Crippen LogP contribution in [0.5, 0.6) is 5.75 Å². The van der Waals surface area contributed by atoms with E-state index in [1.165, 1.54) is 53.4 Å². The first-order valence-corrected chi connectivity index (χ1v) is 23.7. The average molecular weight is 814 g/mol. The second-order valence-corrected chi connectivity index (χ2v) is 23.3. The second-order valence-electron chi connectivity index (χ2n) is 14.2. The summed E-state index contributed by atoms with van der Waals surface area (Å²) in [5.41, 5.74) is 2.82. The van der Waals surface area contributed by atoms with Gasteiger partial charge in [0, 0.05) is 28.6 Å². The van der Waals surface area contributed by atoms with Gasteiger partial charge in [-0.1, -0.05) is 18.2 Å². The van der Waals surface area contributed by atoms with Crippen molar-refractivity contribution in [1.82, 2.24) is 0 Å². The molecule has 1 heterocycles. The molecule has 1 aliphatic carbocycles. The van der Waals surface area contributed by atoms with Crippen LogP contribution in [-0.4, -0.2) is 23.8 Å². The first kappa shape index (κ1) is 38.3. The summed E-state index contributed by atoms with van der Waals surface area (Å²) < 4.78 is 11.8. The number of hydrogen-bond donors (Lipinski definition) is 1. The van der Waals surface area contributed by atoms with Gasteiger partial charge >= 0.3 is 203 Å². The molecule has 2 aliphatic rings. The number of esters is 1. The predicted molar refractivity (Wildman–Crippen MR) is 232 cm³/mol. The van der Waals surface area contributed by atoms with Crippen molar-refractivity contribution in [3.8, 4) is 28.2 Å². The van der Waals surface area contributed by atoms with Gasteiger partial charge in [-0.05, 0) is 35.9 Å². The van der Waals surface area contributed by atoms with Crippen LogP contribution in [0, 0.1) is 0 Å². The van der Waals surface area contributed by atoms with Crippen molar-refractivity contribution in [1.29, 1.82) is 0 Å². The minimum atomic E-state index is -2.87. The van der Waals surface area contributed by atoms with Crippen LogP contribution in [0.1, 0.15) is 61.7 Å². The minimum absolute atomic E-state index is 0.0501. The summed E-state index contributed by atoms with van der Waals surface area (Å²) in [4.78, 5) is 25.7. The van der Waals surface area contributed by atoms with Crippen molar-refractivity contribution in [2.45, 2.75) is 51.4 Å². The summed E-state index contributed by atoms with van der Waals surface area (Å²) in [5, 5.41) is 12.1. The predicted octanol–water partition coefficient (Wildman–Crippen LogP) is 11.4. The standard InChI is InChI=1S/C48H46BrO5P/c49-55(38-20-10-7-11-21-38,39-22-12-8-13-23-39,40-24-14-9-15-25-40)33-19-6-4-2-1-3-5-18-32-53-48(52)42-27-17-16-26-41(42)47-43-30-28-36(50)34-45(43)54-46-35-37(51)29-31-44(46)47/h7-17,20-31,34-35,50H,1-6,18-19,32-33H2. The summed E-state index contributed by atoms with van der Waals surface area (Å²) in [6.07, 6.45) is 9.80. The Balaban J connectivity index is 0.919. The molecular formula is C48H46BrO5P. The van der Waals surface area contributed by atoms with Gasteiger partial charge in [-0.25, -0.2) is 4.79 Å². The Morgan fingerprint density at radius 1 is 0.600 bits per heavy atom. The molecule has 0 fully saturated rings. The molecule has 55 heavy (non-hydrogen) atoms. The van der Waals surface area contributed by atoms with Crippen LogP contribution in [0.4, 0.5) is 0 Å². The number of rotatable bonds is 16. The molecule has 0 unspecified atom stereocenters. The quantitative estimate of drug-likeness (QED) is 0.0455. The van der Waals surface area contributed by atoms with Gasteiger partial charge in [0.2, 0.25) is 0 Å². The summed E-state index contributed by atoms with van der Waals surface area (Å²) in [6.45, 7) is 0.350. The summed E-state index contributed by atoms with van der Waals surface area (Å²) in [7, 11) is 0. The van der Waals surface area contributed by atoms with Crippen LogP contribution in [0.15, 0.2) is 161 Å². The number of benzene rings is 6. The Bertz CT molecular complexity index is 2290. The maximum absolute atomic E-state index is 13.5. The first-order valence-electron chi connectivity index (χ1n) is 19.2. The molecule has 0 spiro atoms. The zero-order chi connectivity index (χ0) is 38.1. The van der Waals surface area contributed by atoms with E-state index in [0.717, 1.165) is 49.2 Å². The molecule has 1 aliphatic heterocycles. The summed E-state index contributed by atoms with van der Waals surface area (Å²) >= 11 is 4.57. The fourth-order valence-electron chi connectivity index (χ4n) is 7.89. The minimum Gasteiger partial charge on any atom is -0.508 e. The van der Waals surface area contributed by atoms with Crippen LogP contribution in [-0.2, 0) is 4.74 Å². The first-order chi connectivity index (χ1) is 26.9.